The zero-order chi connectivity index (χ0) is 12.4. The molecule has 4 nitrogen and oxygen atoms in total. The number of hydrogen-bond donors (Lipinski definition) is 2. The highest BCUT2D eigenvalue weighted by molar-refractivity contribution is 5.78. The summed E-state index contributed by atoms with van der Waals surface area (Å²) in [5, 5.41) is 21.0. The Balaban J connectivity index is 2.22. The van der Waals surface area contributed by atoms with Crippen molar-refractivity contribution in [1.82, 2.24) is 0 Å². The lowest BCUT2D eigenvalue weighted by Crippen LogP contribution is -2.31. The monoisotopic (exact) mass is 230 g/mol. The third kappa shape index (κ3) is 2.56. The number of benzene rings is 1. The lowest BCUT2D eigenvalue weighted by atomic mass is 10.1. The average Bonchev–Trinajstić information content (AvgIpc) is 3.11. The molecule has 1 aliphatic carbocycles. The Morgan fingerprint density at radius 3 is 2.82 bits per heavy atom. The Hall–Kier alpha value is -2.02. The van der Waals surface area contributed by atoms with Crippen molar-refractivity contribution in [3.8, 4) is 6.07 Å². The van der Waals surface area contributed by atoms with E-state index in [1.807, 2.05) is 13.0 Å². The van der Waals surface area contributed by atoms with Crippen LogP contribution in [0.4, 0.5) is 5.69 Å². The maximum Gasteiger partial charge on any atom is 0.326 e. The smallest absolute Gasteiger partial charge is 0.326 e. The minimum atomic E-state index is -0.825. The molecule has 0 spiro atoms. The van der Waals surface area contributed by atoms with E-state index in [1.165, 1.54) is 0 Å². The van der Waals surface area contributed by atoms with Gasteiger partial charge in [-0.05, 0) is 43.4 Å². The summed E-state index contributed by atoms with van der Waals surface area (Å²) in [4.78, 5) is 11.1. The fourth-order valence-corrected chi connectivity index (χ4v) is 1.83. The first-order valence-electron chi connectivity index (χ1n) is 5.62. The molecule has 1 aromatic rings. The fraction of sp³-hybridized carbons (Fsp3) is 0.385. The molecule has 1 saturated carbocycles. The topological polar surface area (TPSA) is 73.1 Å². The summed E-state index contributed by atoms with van der Waals surface area (Å²) in [5.41, 5.74) is 2.23. The Kier molecular flexibility index (Phi) is 3.01. The number of rotatable bonds is 4. The third-order valence-electron chi connectivity index (χ3n) is 3.04. The number of carboxylic acids is 1. The summed E-state index contributed by atoms with van der Waals surface area (Å²) in [7, 11) is 0. The van der Waals surface area contributed by atoms with Crippen LogP contribution in [0.2, 0.25) is 0 Å². The first kappa shape index (κ1) is 11.5. The van der Waals surface area contributed by atoms with E-state index in [4.69, 9.17) is 10.4 Å². The molecule has 0 amide bonds. The number of aryl methyl sites for hydroxylation is 1. The number of carbonyl (C=O) groups is 1. The summed E-state index contributed by atoms with van der Waals surface area (Å²) in [5.74, 6) is -0.605. The number of hydrogen-bond acceptors (Lipinski definition) is 3. The molecule has 0 heterocycles. The van der Waals surface area contributed by atoms with E-state index in [0.717, 1.165) is 24.1 Å². The van der Waals surface area contributed by atoms with Crippen LogP contribution in [0, 0.1) is 24.2 Å². The zero-order valence-electron chi connectivity index (χ0n) is 9.60. The minimum Gasteiger partial charge on any atom is -0.480 e. The highest BCUT2D eigenvalue weighted by Gasteiger charge is 2.36. The predicted octanol–water partition coefficient (Wildman–Crippen LogP) is 2.14. The van der Waals surface area contributed by atoms with Crippen LogP contribution in [-0.2, 0) is 4.79 Å². The van der Waals surface area contributed by atoms with Gasteiger partial charge in [-0.3, -0.25) is 0 Å². The van der Waals surface area contributed by atoms with Crippen molar-refractivity contribution in [1.29, 1.82) is 5.26 Å². The second-order valence-corrected chi connectivity index (χ2v) is 4.44. The Morgan fingerprint density at radius 1 is 1.59 bits per heavy atom. The van der Waals surface area contributed by atoms with Crippen LogP contribution in [0.3, 0.4) is 0 Å². The number of nitrogens with one attached hydrogen (secondary N) is 1. The summed E-state index contributed by atoms with van der Waals surface area (Å²) in [6.07, 6.45) is 1.92. The molecule has 1 atom stereocenters. The van der Waals surface area contributed by atoms with Crippen LogP contribution in [0.1, 0.15) is 24.0 Å². The Labute approximate surface area is 99.9 Å². The van der Waals surface area contributed by atoms with E-state index in [9.17, 15) is 4.79 Å². The molecule has 2 N–H and O–H groups in total. The van der Waals surface area contributed by atoms with Gasteiger partial charge in [0.2, 0.25) is 0 Å². The van der Waals surface area contributed by atoms with Crippen LogP contribution in [0.5, 0.6) is 0 Å². The Morgan fingerprint density at radius 2 is 2.29 bits per heavy atom. The van der Waals surface area contributed by atoms with E-state index < -0.39 is 12.0 Å². The van der Waals surface area contributed by atoms with Crippen molar-refractivity contribution in [2.75, 3.05) is 5.32 Å². The molecule has 0 aromatic heterocycles. The Bertz CT molecular complexity index is 487. The molecular weight excluding hydrogens is 216 g/mol. The van der Waals surface area contributed by atoms with Crippen molar-refractivity contribution in [3.05, 3.63) is 29.3 Å². The zero-order valence-corrected chi connectivity index (χ0v) is 9.60. The maximum atomic E-state index is 11.1. The molecule has 17 heavy (non-hydrogen) atoms. The van der Waals surface area contributed by atoms with Crippen LogP contribution in [0.25, 0.3) is 0 Å². The van der Waals surface area contributed by atoms with Crippen molar-refractivity contribution in [2.45, 2.75) is 25.8 Å². The second kappa shape index (κ2) is 4.46. The average molecular weight is 230 g/mol. The molecule has 1 aliphatic rings. The van der Waals surface area contributed by atoms with Gasteiger partial charge in [0.05, 0.1) is 11.6 Å². The maximum absolute atomic E-state index is 11.1. The molecule has 88 valence electrons. The second-order valence-electron chi connectivity index (χ2n) is 4.44. The first-order valence-corrected chi connectivity index (χ1v) is 5.62. The van der Waals surface area contributed by atoms with Crippen LogP contribution >= 0.6 is 0 Å². The van der Waals surface area contributed by atoms with Crippen molar-refractivity contribution < 1.29 is 9.90 Å². The molecule has 0 saturated heterocycles. The van der Waals surface area contributed by atoms with Gasteiger partial charge < -0.3 is 10.4 Å². The summed E-state index contributed by atoms with van der Waals surface area (Å²) >= 11 is 0. The SMILES string of the molecule is Cc1ccc(C#N)cc1NC(C(=O)O)C1CC1. The van der Waals surface area contributed by atoms with Gasteiger partial charge >= 0.3 is 5.97 Å². The van der Waals surface area contributed by atoms with Crippen molar-refractivity contribution in [2.24, 2.45) is 5.92 Å². The molecule has 0 bridgehead atoms. The van der Waals surface area contributed by atoms with Crippen LogP contribution in [-0.4, -0.2) is 17.1 Å². The van der Waals surface area contributed by atoms with E-state index in [-0.39, 0.29) is 5.92 Å². The molecule has 4 heteroatoms. The highest BCUT2D eigenvalue weighted by atomic mass is 16.4. The summed E-state index contributed by atoms with van der Waals surface area (Å²) in [6, 6.07) is 6.77. The standard InChI is InChI=1S/C13H14N2O2/c1-8-2-3-9(7-14)6-11(8)15-12(13(16)17)10-4-5-10/h2-3,6,10,12,15H,4-5H2,1H3,(H,16,17). The first-order chi connectivity index (χ1) is 8.11. The largest absolute Gasteiger partial charge is 0.480 e. The van der Waals surface area contributed by atoms with Gasteiger partial charge in [-0.25, -0.2) is 4.79 Å². The number of aliphatic carboxylic acids is 1. The molecule has 1 aromatic carbocycles. The van der Waals surface area contributed by atoms with Gasteiger partial charge in [0, 0.05) is 5.69 Å². The molecule has 0 radical (unpaired) electrons. The molecule has 1 fully saturated rings. The van der Waals surface area contributed by atoms with Gasteiger partial charge in [-0.1, -0.05) is 6.07 Å². The van der Waals surface area contributed by atoms with Crippen molar-refractivity contribution >= 4 is 11.7 Å². The third-order valence-corrected chi connectivity index (χ3v) is 3.04. The number of nitrogens with zero attached hydrogens (tertiary/aromatic N) is 1. The van der Waals surface area contributed by atoms with Gasteiger partial charge in [0.1, 0.15) is 6.04 Å². The highest BCUT2D eigenvalue weighted by Crippen LogP contribution is 2.35. The van der Waals surface area contributed by atoms with Crippen LogP contribution < -0.4 is 5.32 Å². The normalized spacial score (nSPS) is 16.0. The van der Waals surface area contributed by atoms with E-state index in [2.05, 4.69) is 11.4 Å². The minimum absolute atomic E-state index is 0.220. The number of nitriles is 1. The lowest BCUT2D eigenvalue weighted by molar-refractivity contribution is -0.138. The predicted molar refractivity (Wildman–Crippen MR) is 63.7 cm³/mol. The molecule has 2 rings (SSSR count). The molecular formula is C13H14N2O2. The van der Waals surface area contributed by atoms with E-state index in [1.54, 1.807) is 12.1 Å². The van der Waals surface area contributed by atoms with Gasteiger partial charge in [0.15, 0.2) is 0 Å². The fourth-order valence-electron chi connectivity index (χ4n) is 1.83. The van der Waals surface area contributed by atoms with Gasteiger partial charge in [-0.15, -0.1) is 0 Å². The van der Waals surface area contributed by atoms with Gasteiger partial charge in [0.25, 0.3) is 0 Å². The quantitative estimate of drug-likeness (QED) is 0.831. The van der Waals surface area contributed by atoms with Crippen LogP contribution in [0.15, 0.2) is 18.2 Å². The number of carboxylic acid groups (broad SMARTS) is 1. The van der Waals surface area contributed by atoms with E-state index >= 15 is 0 Å². The summed E-state index contributed by atoms with van der Waals surface area (Å²) in [6.45, 7) is 1.90. The number of anilines is 1. The van der Waals surface area contributed by atoms with Crippen molar-refractivity contribution in [3.63, 3.8) is 0 Å². The molecule has 1 unspecified atom stereocenters. The van der Waals surface area contributed by atoms with E-state index in [0.29, 0.717) is 5.56 Å². The lowest BCUT2D eigenvalue weighted by Gasteiger charge is -2.16. The van der Waals surface area contributed by atoms with Gasteiger partial charge in [-0.2, -0.15) is 5.26 Å². The summed E-state index contributed by atoms with van der Waals surface area (Å²) < 4.78 is 0. The molecule has 0 aliphatic heterocycles.